The number of nitrogens with zero attached hydrogens (tertiary/aromatic N) is 2. The van der Waals surface area contributed by atoms with E-state index in [2.05, 4.69) is 36.5 Å². The van der Waals surface area contributed by atoms with Crippen LogP contribution in [0, 0.1) is 13.8 Å². The van der Waals surface area contributed by atoms with Crippen LogP contribution < -0.4 is 5.43 Å². The van der Waals surface area contributed by atoms with E-state index in [-0.39, 0.29) is 0 Å². The first kappa shape index (κ1) is 8.10. The van der Waals surface area contributed by atoms with Crippen molar-refractivity contribution in [1.82, 2.24) is 9.89 Å². The molecule has 0 unspecified atom stereocenters. The molecule has 0 aliphatic rings. The SMILES string of the molecule is CNn1cc2cc(C)c(C)cc2n1. The lowest BCUT2D eigenvalue weighted by atomic mass is 10.1. The van der Waals surface area contributed by atoms with Crippen molar-refractivity contribution in [3.8, 4) is 0 Å². The van der Waals surface area contributed by atoms with E-state index in [9.17, 15) is 0 Å². The molecule has 0 aliphatic heterocycles. The van der Waals surface area contributed by atoms with Crippen LogP contribution >= 0.6 is 0 Å². The number of benzene rings is 1. The average molecular weight is 175 g/mol. The van der Waals surface area contributed by atoms with Crippen LogP contribution in [-0.2, 0) is 0 Å². The molecule has 2 rings (SSSR count). The average Bonchev–Trinajstić information content (AvgIpc) is 2.48. The van der Waals surface area contributed by atoms with Gasteiger partial charge in [-0.3, -0.25) is 0 Å². The highest BCUT2D eigenvalue weighted by Crippen LogP contribution is 2.17. The highest BCUT2D eigenvalue weighted by molar-refractivity contribution is 5.79. The molecule has 0 spiro atoms. The maximum Gasteiger partial charge on any atom is 0.0947 e. The van der Waals surface area contributed by atoms with Gasteiger partial charge >= 0.3 is 0 Å². The zero-order valence-electron chi connectivity index (χ0n) is 8.13. The van der Waals surface area contributed by atoms with Crippen molar-refractivity contribution in [3.05, 3.63) is 29.5 Å². The third kappa shape index (κ3) is 1.26. The minimum absolute atomic E-state index is 1.04. The van der Waals surface area contributed by atoms with Gasteiger partial charge in [0, 0.05) is 12.4 Å². The Morgan fingerprint density at radius 3 is 2.62 bits per heavy atom. The summed E-state index contributed by atoms with van der Waals surface area (Å²) in [5, 5.41) is 5.52. The molecule has 0 amide bonds. The third-order valence-corrected chi connectivity index (χ3v) is 2.35. The van der Waals surface area contributed by atoms with Gasteiger partial charge in [0.2, 0.25) is 0 Å². The molecule has 0 saturated carbocycles. The quantitative estimate of drug-likeness (QED) is 0.716. The van der Waals surface area contributed by atoms with Crippen LogP contribution in [0.4, 0.5) is 0 Å². The summed E-state index contributed by atoms with van der Waals surface area (Å²) in [6.07, 6.45) is 1.99. The number of aryl methyl sites for hydroxylation is 2. The van der Waals surface area contributed by atoms with Gasteiger partial charge in [0.25, 0.3) is 0 Å². The van der Waals surface area contributed by atoms with Gasteiger partial charge in [-0.15, -0.1) is 0 Å². The van der Waals surface area contributed by atoms with Gasteiger partial charge in [-0.05, 0) is 37.1 Å². The summed E-state index contributed by atoms with van der Waals surface area (Å²) in [6.45, 7) is 4.22. The largest absolute Gasteiger partial charge is 0.313 e. The molecule has 0 radical (unpaired) electrons. The number of rotatable bonds is 1. The number of nitrogens with one attached hydrogen (secondary N) is 1. The Balaban J connectivity index is 2.70. The molecule has 0 saturated heterocycles. The minimum atomic E-state index is 1.04. The van der Waals surface area contributed by atoms with E-state index in [0.29, 0.717) is 0 Å². The van der Waals surface area contributed by atoms with Crippen molar-refractivity contribution in [2.45, 2.75) is 13.8 Å². The summed E-state index contributed by atoms with van der Waals surface area (Å²) in [5.41, 5.74) is 6.59. The van der Waals surface area contributed by atoms with E-state index in [1.807, 2.05) is 13.2 Å². The molecule has 13 heavy (non-hydrogen) atoms. The Morgan fingerprint density at radius 1 is 1.23 bits per heavy atom. The zero-order chi connectivity index (χ0) is 9.42. The normalized spacial score (nSPS) is 10.7. The first-order chi connectivity index (χ1) is 6.20. The second-order valence-electron chi connectivity index (χ2n) is 3.29. The molecule has 2 aromatic rings. The lowest BCUT2D eigenvalue weighted by Gasteiger charge is -1.96. The predicted octanol–water partition coefficient (Wildman–Crippen LogP) is 1.83. The molecular weight excluding hydrogens is 162 g/mol. The van der Waals surface area contributed by atoms with Gasteiger partial charge in [0.1, 0.15) is 0 Å². The van der Waals surface area contributed by atoms with Crippen molar-refractivity contribution >= 4 is 10.9 Å². The summed E-state index contributed by atoms with van der Waals surface area (Å²) in [4.78, 5) is 1.73. The van der Waals surface area contributed by atoms with Gasteiger partial charge in [-0.25, -0.2) is 0 Å². The van der Waals surface area contributed by atoms with Gasteiger partial charge in [-0.2, -0.15) is 9.89 Å². The van der Waals surface area contributed by atoms with E-state index in [0.717, 1.165) is 5.52 Å². The molecule has 1 N–H and O–H groups in total. The van der Waals surface area contributed by atoms with E-state index in [1.165, 1.54) is 16.5 Å². The van der Waals surface area contributed by atoms with Crippen LogP contribution in [0.15, 0.2) is 18.3 Å². The summed E-state index contributed by atoms with van der Waals surface area (Å²) >= 11 is 0. The fourth-order valence-corrected chi connectivity index (χ4v) is 1.40. The fraction of sp³-hybridized carbons (Fsp3) is 0.300. The second-order valence-corrected chi connectivity index (χ2v) is 3.29. The van der Waals surface area contributed by atoms with Crippen molar-refractivity contribution < 1.29 is 0 Å². The Morgan fingerprint density at radius 2 is 1.92 bits per heavy atom. The molecule has 0 aliphatic carbocycles. The van der Waals surface area contributed by atoms with E-state index >= 15 is 0 Å². The summed E-state index contributed by atoms with van der Waals surface area (Å²) in [5.74, 6) is 0. The topological polar surface area (TPSA) is 29.9 Å². The Bertz CT molecular complexity index is 404. The van der Waals surface area contributed by atoms with E-state index in [4.69, 9.17) is 0 Å². The molecule has 0 fully saturated rings. The summed E-state index contributed by atoms with van der Waals surface area (Å²) in [6, 6.07) is 4.27. The molecule has 0 bridgehead atoms. The Labute approximate surface area is 77.3 Å². The number of aromatic nitrogens is 2. The molecule has 3 heteroatoms. The molecule has 0 atom stereocenters. The highest BCUT2D eigenvalue weighted by atomic mass is 15.5. The lowest BCUT2D eigenvalue weighted by Crippen LogP contribution is -2.08. The van der Waals surface area contributed by atoms with Crippen LogP contribution in [-0.4, -0.2) is 16.9 Å². The van der Waals surface area contributed by atoms with Gasteiger partial charge in [0.15, 0.2) is 0 Å². The van der Waals surface area contributed by atoms with Gasteiger partial charge in [-0.1, -0.05) is 0 Å². The number of hydrogen-bond acceptors (Lipinski definition) is 2. The number of fused-ring (bicyclic) bond motifs is 1. The van der Waals surface area contributed by atoms with Crippen LogP contribution in [0.5, 0.6) is 0 Å². The second kappa shape index (κ2) is 2.76. The monoisotopic (exact) mass is 175 g/mol. The van der Waals surface area contributed by atoms with Crippen LogP contribution in [0.25, 0.3) is 10.9 Å². The molecule has 1 aromatic heterocycles. The van der Waals surface area contributed by atoms with E-state index < -0.39 is 0 Å². The molecular formula is C10H13N3. The van der Waals surface area contributed by atoms with E-state index in [1.54, 1.807) is 4.79 Å². The lowest BCUT2D eigenvalue weighted by molar-refractivity contribution is 0.794. The first-order valence-corrected chi connectivity index (χ1v) is 4.35. The highest BCUT2D eigenvalue weighted by Gasteiger charge is 2.01. The molecule has 3 nitrogen and oxygen atoms in total. The Kier molecular flexibility index (Phi) is 1.72. The van der Waals surface area contributed by atoms with Crippen LogP contribution in [0.1, 0.15) is 11.1 Å². The van der Waals surface area contributed by atoms with Crippen LogP contribution in [0.2, 0.25) is 0 Å². The number of hydrogen-bond donors (Lipinski definition) is 1. The maximum atomic E-state index is 4.34. The third-order valence-electron chi connectivity index (χ3n) is 2.35. The molecule has 68 valence electrons. The zero-order valence-corrected chi connectivity index (χ0v) is 8.13. The smallest absolute Gasteiger partial charge is 0.0947 e. The minimum Gasteiger partial charge on any atom is -0.313 e. The van der Waals surface area contributed by atoms with Crippen molar-refractivity contribution in [2.24, 2.45) is 0 Å². The van der Waals surface area contributed by atoms with Crippen molar-refractivity contribution in [3.63, 3.8) is 0 Å². The molecule has 1 heterocycles. The summed E-state index contributed by atoms with van der Waals surface area (Å²) in [7, 11) is 1.85. The van der Waals surface area contributed by atoms with Crippen molar-refractivity contribution in [1.29, 1.82) is 0 Å². The first-order valence-electron chi connectivity index (χ1n) is 4.35. The maximum absolute atomic E-state index is 4.34. The molecule has 1 aromatic carbocycles. The fourth-order valence-electron chi connectivity index (χ4n) is 1.40. The van der Waals surface area contributed by atoms with Crippen LogP contribution in [0.3, 0.4) is 0 Å². The van der Waals surface area contributed by atoms with Crippen molar-refractivity contribution in [2.75, 3.05) is 12.5 Å². The Hall–Kier alpha value is -1.51. The predicted molar refractivity (Wildman–Crippen MR) is 54.5 cm³/mol. The standard InChI is InChI=1S/C10H13N3/c1-7-4-9-6-13(11-3)12-10(9)5-8(7)2/h4-6,11H,1-3H3. The summed E-state index contributed by atoms with van der Waals surface area (Å²) < 4.78 is 0. The van der Waals surface area contributed by atoms with Gasteiger partial charge in [0.05, 0.1) is 11.7 Å². The van der Waals surface area contributed by atoms with Gasteiger partial charge < -0.3 is 5.43 Å².